The molecule has 2 N–H and O–H groups in total. The zero-order chi connectivity index (χ0) is 19.3. The monoisotopic (exact) mass is 386 g/mol. The summed E-state index contributed by atoms with van der Waals surface area (Å²) >= 11 is 0. The summed E-state index contributed by atoms with van der Waals surface area (Å²) in [5.41, 5.74) is 1.54. The minimum absolute atomic E-state index is 0.0550. The number of sulfonamides is 1. The van der Waals surface area contributed by atoms with Gasteiger partial charge in [0.2, 0.25) is 5.91 Å². The van der Waals surface area contributed by atoms with E-state index in [1.54, 1.807) is 30.5 Å². The molecular formula is C19H22N4O3S. The lowest BCUT2D eigenvalue weighted by Crippen LogP contribution is -2.22. The van der Waals surface area contributed by atoms with E-state index in [2.05, 4.69) is 20.0 Å². The summed E-state index contributed by atoms with van der Waals surface area (Å²) in [5, 5.41) is 2.81. The van der Waals surface area contributed by atoms with Crippen molar-refractivity contribution in [2.45, 2.75) is 37.5 Å². The van der Waals surface area contributed by atoms with Crippen LogP contribution in [0.3, 0.4) is 0 Å². The second-order valence-electron chi connectivity index (χ2n) is 6.36. The van der Waals surface area contributed by atoms with Gasteiger partial charge in [0.1, 0.15) is 11.7 Å². The first-order valence-corrected chi connectivity index (χ1v) is 10.3. The highest BCUT2D eigenvalue weighted by molar-refractivity contribution is 7.90. The SMILES string of the molecule is Cc1cccnc1NC(=O)CCCCCN=C1NS(=O)(=O)c2ccccc21. The molecular weight excluding hydrogens is 364 g/mol. The quantitative estimate of drug-likeness (QED) is 0.714. The molecule has 1 aromatic carbocycles. The van der Waals surface area contributed by atoms with Crippen molar-refractivity contribution in [3.63, 3.8) is 0 Å². The summed E-state index contributed by atoms with van der Waals surface area (Å²) in [6, 6.07) is 10.5. The van der Waals surface area contributed by atoms with Gasteiger partial charge in [0.05, 0.1) is 4.90 Å². The summed E-state index contributed by atoms with van der Waals surface area (Å²) in [4.78, 5) is 20.7. The number of nitrogens with zero attached hydrogens (tertiary/aromatic N) is 2. The Kier molecular flexibility index (Phi) is 5.85. The number of aryl methyl sites for hydroxylation is 1. The predicted molar refractivity (Wildman–Crippen MR) is 104 cm³/mol. The van der Waals surface area contributed by atoms with Crippen LogP contribution in [-0.4, -0.2) is 31.7 Å². The molecule has 1 amide bonds. The summed E-state index contributed by atoms with van der Waals surface area (Å²) in [7, 11) is -3.49. The number of rotatable bonds is 7. The predicted octanol–water partition coefficient (Wildman–Crippen LogP) is 2.63. The van der Waals surface area contributed by atoms with E-state index in [-0.39, 0.29) is 10.8 Å². The highest BCUT2D eigenvalue weighted by Gasteiger charge is 2.29. The van der Waals surface area contributed by atoms with Crippen molar-refractivity contribution in [2.24, 2.45) is 4.99 Å². The molecule has 2 heterocycles. The van der Waals surface area contributed by atoms with Gasteiger partial charge in [-0.25, -0.2) is 13.4 Å². The standard InChI is InChI=1S/C19H22N4O3S/c1-14-8-7-13-20-18(14)22-17(24)11-3-2-6-12-21-19-15-9-4-5-10-16(15)27(25,26)23-19/h4-5,7-10,13H,2-3,6,11-12H2,1H3,(H,21,23)(H,20,22,24). The first-order valence-electron chi connectivity index (χ1n) is 8.85. The Balaban J connectivity index is 1.42. The molecule has 0 spiro atoms. The van der Waals surface area contributed by atoms with E-state index in [1.165, 1.54) is 0 Å². The molecule has 1 aliphatic heterocycles. The van der Waals surface area contributed by atoms with E-state index in [4.69, 9.17) is 0 Å². The number of carbonyl (C=O) groups excluding carboxylic acids is 1. The average Bonchev–Trinajstić information content (AvgIpc) is 2.91. The molecule has 27 heavy (non-hydrogen) atoms. The van der Waals surface area contributed by atoms with Gasteiger partial charge in [-0.15, -0.1) is 0 Å². The molecule has 142 valence electrons. The van der Waals surface area contributed by atoms with Crippen LogP contribution in [0.5, 0.6) is 0 Å². The van der Waals surface area contributed by atoms with E-state index in [1.807, 2.05) is 19.1 Å². The van der Waals surface area contributed by atoms with E-state index in [9.17, 15) is 13.2 Å². The number of aromatic nitrogens is 1. The van der Waals surface area contributed by atoms with Crippen LogP contribution in [0.1, 0.15) is 36.8 Å². The van der Waals surface area contributed by atoms with Crippen molar-refractivity contribution < 1.29 is 13.2 Å². The van der Waals surface area contributed by atoms with E-state index in [0.717, 1.165) is 24.8 Å². The van der Waals surface area contributed by atoms with Crippen LogP contribution in [0, 0.1) is 6.92 Å². The van der Waals surface area contributed by atoms with Crippen molar-refractivity contribution in [1.82, 2.24) is 9.71 Å². The number of benzene rings is 1. The van der Waals surface area contributed by atoms with Crippen molar-refractivity contribution in [2.75, 3.05) is 11.9 Å². The van der Waals surface area contributed by atoms with Crippen LogP contribution in [0.15, 0.2) is 52.5 Å². The Labute approximate surface area is 159 Å². The minimum Gasteiger partial charge on any atom is -0.310 e. The molecule has 2 aromatic rings. The van der Waals surface area contributed by atoms with Gasteiger partial charge in [-0.05, 0) is 43.5 Å². The average molecular weight is 386 g/mol. The van der Waals surface area contributed by atoms with Gasteiger partial charge in [-0.3, -0.25) is 14.5 Å². The lowest BCUT2D eigenvalue weighted by atomic mass is 10.2. The van der Waals surface area contributed by atoms with Crippen molar-refractivity contribution in [3.8, 4) is 0 Å². The van der Waals surface area contributed by atoms with Crippen LogP contribution in [0.2, 0.25) is 0 Å². The van der Waals surface area contributed by atoms with Gasteiger partial charge in [-0.2, -0.15) is 0 Å². The molecule has 0 atom stereocenters. The number of pyridine rings is 1. The second kappa shape index (κ2) is 8.30. The molecule has 0 aliphatic carbocycles. The Bertz CT molecular complexity index is 970. The highest BCUT2D eigenvalue weighted by Crippen LogP contribution is 2.22. The number of anilines is 1. The Morgan fingerprint density at radius 2 is 1.96 bits per heavy atom. The zero-order valence-electron chi connectivity index (χ0n) is 15.1. The number of amidine groups is 1. The third kappa shape index (κ3) is 4.71. The van der Waals surface area contributed by atoms with E-state index < -0.39 is 10.0 Å². The Hall–Kier alpha value is -2.74. The van der Waals surface area contributed by atoms with E-state index in [0.29, 0.717) is 30.2 Å². The van der Waals surface area contributed by atoms with Crippen LogP contribution in [0.4, 0.5) is 5.82 Å². The summed E-state index contributed by atoms with van der Waals surface area (Å²) < 4.78 is 26.5. The van der Waals surface area contributed by atoms with Gasteiger partial charge >= 0.3 is 0 Å². The zero-order valence-corrected chi connectivity index (χ0v) is 15.9. The first kappa shape index (κ1) is 19.0. The van der Waals surface area contributed by atoms with Crippen molar-refractivity contribution >= 4 is 27.6 Å². The molecule has 0 radical (unpaired) electrons. The third-order valence-electron chi connectivity index (χ3n) is 4.26. The number of carbonyl (C=O) groups is 1. The fourth-order valence-corrected chi connectivity index (χ4v) is 4.08. The van der Waals surface area contributed by atoms with Crippen LogP contribution in [0.25, 0.3) is 0 Å². The van der Waals surface area contributed by atoms with Crippen LogP contribution in [-0.2, 0) is 14.8 Å². The number of fused-ring (bicyclic) bond motifs is 1. The maximum atomic E-state index is 12.0. The number of nitrogens with one attached hydrogen (secondary N) is 2. The third-order valence-corrected chi connectivity index (χ3v) is 5.66. The number of hydrogen-bond acceptors (Lipinski definition) is 5. The fraction of sp³-hybridized carbons (Fsp3) is 0.316. The van der Waals surface area contributed by atoms with Crippen molar-refractivity contribution in [3.05, 3.63) is 53.7 Å². The van der Waals surface area contributed by atoms with Gasteiger partial charge in [0, 0.05) is 24.7 Å². The summed E-state index contributed by atoms with van der Waals surface area (Å²) in [6.07, 6.45) is 4.42. The molecule has 8 heteroatoms. The maximum Gasteiger partial charge on any atom is 0.263 e. The molecule has 0 fully saturated rings. The number of unbranched alkanes of at least 4 members (excludes halogenated alkanes) is 2. The van der Waals surface area contributed by atoms with Gasteiger partial charge in [-0.1, -0.05) is 24.6 Å². The molecule has 7 nitrogen and oxygen atoms in total. The van der Waals surface area contributed by atoms with Gasteiger partial charge < -0.3 is 5.32 Å². The molecule has 0 unspecified atom stereocenters. The largest absolute Gasteiger partial charge is 0.310 e. The molecule has 0 bridgehead atoms. The molecule has 1 aliphatic rings. The molecule has 0 saturated carbocycles. The number of aliphatic imine (C=N–C) groups is 1. The van der Waals surface area contributed by atoms with E-state index >= 15 is 0 Å². The fourth-order valence-electron chi connectivity index (χ4n) is 2.83. The molecule has 3 rings (SSSR count). The maximum absolute atomic E-state index is 12.0. The summed E-state index contributed by atoms with van der Waals surface area (Å²) in [6.45, 7) is 2.41. The molecule has 1 aromatic heterocycles. The normalized spacial score (nSPS) is 16.0. The highest BCUT2D eigenvalue weighted by atomic mass is 32.2. The number of amides is 1. The minimum atomic E-state index is -3.49. The van der Waals surface area contributed by atoms with Gasteiger partial charge in [0.25, 0.3) is 10.0 Å². The first-order chi connectivity index (χ1) is 13.0. The number of hydrogen-bond donors (Lipinski definition) is 2. The summed E-state index contributed by atoms with van der Waals surface area (Å²) in [5.74, 6) is 0.940. The van der Waals surface area contributed by atoms with Crippen molar-refractivity contribution in [1.29, 1.82) is 0 Å². The molecule has 0 saturated heterocycles. The lowest BCUT2D eigenvalue weighted by Gasteiger charge is -2.06. The topological polar surface area (TPSA) is 101 Å². The van der Waals surface area contributed by atoms with Crippen LogP contribution >= 0.6 is 0 Å². The second-order valence-corrected chi connectivity index (χ2v) is 8.01. The smallest absolute Gasteiger partial charge is 0.263 e. The lowest BCUT2D eigenvalue weighted by molar-refractivity contribution is -0.116. The van der Waals surface area contributed by atoms with Gasteiger partial charge in [0.15, 0.2) is 0 Å². The van der Waals surface area contributed by atoms with Crippen LogP contribution < -0.4 is 10.0 Å². The Morgan fingerprint density at radius 3 is 2.78 bits per heavy atom. The Morgan fingerprint density at radius 1 is 1.15 bits per heavy atom.